The third kappa shape index (κ3) is 5.08. The Morgan fingerprint density at radius 1 is 1.22 bits per heavy atom. The maximum absolute atomic E-state index is 12.2. The van der Waals surface area contributed by atoms with Crippen LogP contribution in [0.3, 0.4) is 0 Å². The number of oxazole rings is 1. The van der Waals surface area contributed by atoms with Crippen LogP contribution in [0.4, 0.5) is 5.69 Å². The summed E-state index contributed by atoms with van der Waals surface area (Å²) in [6, 6.07) is 15.7. The number of nitrogens with zero attached hydrogens (tertiary/aromatic N) is 1. The molecule has 6 heteroatoms. The van der Waals surface area contributed by atoms with Gasteiger partial charge in [0.1, 0.15) is 5.52 Å². The second-order valence-electron chi connectivity index (χ2n) is 6.90. The lowest BCUT2D eigenvalue weighted by atomic mass is 10.0. The van der Waals surface area contributed by atoms with E-state index in [2.05, 4.69) is 27.8 Å². The summed E-state index contributed by atoms with van der Waals surface area (Å²) in [6.07, 6.45) is 3.32. The fraction of sp³-hybridized carbons (Fsp3) is 0.333. The largest absolute Gasteiger partial charge is 0.440 e. The average molecular weight is 386 g/mol. The highest BCUT2D eigenvalue weighted by atomic mass is 35.5. The van der Waals surface area contributed by atoms with Crippen LogP contribution in [0.15, 0.2) is 52.9 Å². The van der Waals surface area contributed by atoms with Crippen molar-refractivity contribution in [3.63, 3.8) is 0 Å². The van der Waals surface area contributed by atoms with Gasteiger partial charge >= 0.3 is 0 Å². The third-order valence-corrected chi connectivity index (χ3v) is 4.86. The number of carbonyl (C=O) groups is 1. The minimum Gasteiger partial charge on any atom is -0.440 e. The molecule has 4 rings (SSSR count). The van der Waals surface area contributed by atoms with Crippen LogP contribution in [0.1, 0.15) is 30.7 Å². The Labute approximate surface area is 165 Å². The molecule has 1 aliphatic heterocycles. The fourth-order valence-corrected chi connectivity index (χ4v) is 3.42. The molecule has 2 N–H and O–H groups in total. The number of nitrogens with one attached hydrogen (secondary N) is 2. The van der Waals surface area contributed by atoms with E-state index in [4.69, 9.17) is 4.42 Å². The zero-order chi connectivity index (χ0) is 17.8. The second-order valence-corrected chi connectivity index (χ2v) is 6.90. The normalized spacial score (nSPS) is 16.2. The summed E-state index contributed by atoms with van der Waals surface area (Å²) in [6.45, 7) is 2.10. The Morgan fingerprint density at radius 3 is 2.85 bits per heavy atom. The van der Waals surface area contributed by atoms with Crippen molar-refractivity contribution in [2.24, 2.45) is 5.92 Å². The minimum atomic E-state index is 0. The van der Waals surface area contributed by atoms with Gasteiger partial charge in [-0.2, -0.15) is 0 Å². The van der Waals surface area contributed by atoms with Crippen LogP contribution in [0, 0.1) is 5.92 Å². The number of rotatable bonds is 6. The van der Waals surface area contributed by atoms with Crippen molar-refractivity contribution < 1.29 is 9.21 Å². The lowest BCUT2D eigenvalue weighted by Gasteiger charge is -2.08. The molecular weight excluding hydrogens is 362 g/mol. The number of halogens is 1. The monoisotopic (exact) mass is 385 g/mol. The molecule has 0 saturated carbocycles. The van der Waals surface area contributed by atoms with Gasteiger partial charge in [0, 0.05) is 24.6 Å². The van der Waals surface area contributed by atoms with E-state index in [1.807, 2.05) is 36.4 Å². The number of anilines is 1. The van der Waals surface area contributed by atoms with E-state index >= 15 is 0 Å². The number of aromatic nitrogens is 1. The van der Waals surface area contributed by atoms with Crippen LogP contribution >= 0.6 is 12.4 Å². The van der Waals surface area contributed by atoms with Crippen molar-refractivity contribution in [3.05, 3.63) is 60.0 Å². The summed E-state index contributed by atoms with van der Waals surface area (Å²) >= 11 is 0. The molecule has 0 aliphatic carbocycles. The summed E-state index contributed by atoms with van der Waals surface area (Å²) < 4.78 is 5.86. The molecule has 0 spiro atoms. The molecule has 0 radical (unpaired) electrons. The average Bonchev–Trinajstić information content (AvgIpc) is 3.29. The minimum absolute atomic E-state index is 0. The highest BCUT2D eigenvalue weighted by Crippen LogP contribution is 2.22. The molecule has 1 unspecified atom stereocenters. The van der Waals surface area contributed by atoms with Crippen molar-refractivity contribution >= 4 is 35.1 Å². The molecule has 1 amide bonds. The van der Waals surface area contributed by atoms with E-state index < -0.39 is 0 Å². The van der Waals surface area contributed by atoms with E-state index in [0.717, 1.165) is 36.3 Å². The van der Waals surface area contributed by atoms with Gasteiger partial charge in [-0.3, -0.25) is 4.79 Å². The van der Waals surface area contributed by atoms with Gasteiger partial charge in [0.25, 0.3) is 0 Å². The smallest absolute Gasteiger partial charge is 0.224 e. The number of benzene rings is 2. The summed E-state index contributed by atoms with van der Waals surface area (Å²) in [5, 5.41) is 6.30. The highest BCUT2D eigenvalue weighted by molar-refractivity contribution is 5.92. The SMILES string of the molecule is Cl.O=C(CCC1CCNC1)Nc1ccc2nc(Cc3ccccc3)oc2c1. The lowest BCUT2D eigenvalue weighted by molar-refractivity contribution is -0.116. The molecule has 5 nitrogen and oxygen atoms in total. The van der Waals surface area contributed by atoms with Gasteiger partial charge in [0.2, 0.25) is 5.91 Å². The zero-order valence-electron chi connectivity index (χ0n) is 15.1. The van der Waals surface area contributed by atoms with Crippen molar-refractivity contribution in [3.8, 4) is 0 Å². The van der Waals surface area contributed by atoms with Crippen LogP contribution in [0.25, 0.3) is 11.1 Å². The van der Waals surface area contributed by atoms with Gasteiger partial charge < -0.3 is 15.1 Å². The summed E-state index contributed by atoms with van der Waals surface area (Å²) in [7, 11) is 0. The molecule has 1 aromatic heterocycles. The van der Waals surface area contributed by atoms with Crippen molar-refractivity contribution in [1.29, 1.82) is 0 Å². The maximum atomic E-state index is 12.2. The molecule has 1 aliphatic rings. The van der Waals surface area contributed by atoms with Gasteiger partial charge in [-0.05, 0) is 49.5 Å². The molecular formula is C21H24ClN3O2. The molecule has 0 bridgehead atoms. The Balaban J connectivity index is 0.00000210. The molecule has 2 heterocycles. The summed E-state index contributed by atoms with van der Waals surface area (Å²) in [5.74, 6) is 1.36. The molecule has 1 atom stereocenters. The molecule has 3 aromatic rings. The predicted molar refractivity (Wildman–Crippen MR) is 109 cm³/mol. The first-order chi connectivity index (χ1) is 12.8. The fourth-order valence-electron chi connectivity index (χ4n) is 3.42. The lowest BCUT2D eigenvalue weighted by Crippen LogP contribution is -2.14. The van der Waals surface area contributed by atoms with E-state index in [1.54, 1.807) is 0 Å². The van der Waals surface area contributed by atoms with E-state index in [-0.39, 0.29) is 18.3 Å². The van der Waals surface area contributed by atoms with Crippen molar-refractivity contribution in [1.82, 2.24) is 10.3 Å². The Bertz CT molecular complexity index is 889. The molecule has 2 aromatic carbocycles. The highest BCUT2D eigenvalue weighted by Gasteiger charge is 2.16. The Morgan fingerprint density at radius 2 is 2.07 bits per heavy atom. The van der Waals surface area contributed by atoms with Crippen LogP contribution in [0.2, 0.25) is 0 Å². The van der Waals surface area contributed by atoms with Gasteiger partial charge in [-0.15, -0.1) is 12.4 Å². The van der Waals surface area contributed by atoms with E-state index in [9.17, 15) is 4.79 Å². The van der Waals surface area contributed by atoms with Crippen LogP contribution in [-0.2, 0) is 11.2 Å². The number of hydrogen-bond acceptors (Lipinski definition) is 4. The number of hydrogen-bond donors (Lipinski definition) is 2. The number of amides is 1. The predicted octanol–water partition coefficient (Wildman–Crippen LogP) is 4.17. The molecule has 27 heavy (non-hydrogen) atoms. The van der Waals surface area contributed by atoms with Gasteiger partial charge in [0.05, 0.1) is 0 Å². The molecule has 142 valence electrons. The Kier molecular flexibility index (Phi) is 6.48. The quantitative estimate of drug-likeness (QED) is 0.668. The first-order valence-corrected chi connectivity index (χ1v) is 9.20. The Hall–Kier alpha value is -2.37. The van der Waals surface area contributed by atoms with Crippen LogP contribution < -0.4 is 10.6 Å². The van der Waals surface area contributed by atoms with Crippen LogP contribution in [0.5, 0.6) is 0 Å². The molecule has 1 saturated heterocycles. The first-order valence-electron chi connectivity index (χ1n) is 9.20. The second kappa shape index (κ2) is 9.02. The molecule has 1 fully saturated rings. The topological polar surface area (TPSA) is 67.2 Å². The first kappa shape index (κ1) is 19.4. The summed E-state index contributed by atoms with van der Waals surface area (Å²) in [5.41, 5.74) is 3.43. The number of carbonyl (C=O) groups excluding carboxylic acids is 1. The maximum Gasteiger partial charge on any atom is 0.224 e. The third-order valence-electron chi connectivity index (χ3n) is 4.86. The van der Waals surface area contributed by atoms with Gasteiger partial charge in [0.15, 0.2) is 11.5 Å². The standard InChI is InChI=1S/C21H23N3O2.ClH/c25-20(9-6-16-10-11-22-14-16)23-17-7-8-18-19(13-17)26-21(24-18)12-15-4-2-1-3-5-15;/h1-5,7-8,13,16,22H,6,9-12,14H2,(H,23,25);1H. The zero-order valence-corrected chi connectivity index (χ0v) is 15.9. The van der Waals surface area contributed by atoms with E-state index in [1.165, 1.54) is 6.42 Å². The van der Waals surface area contributed by atoms with Crippen molar-refractivity contribution in [2.75, 3.05) is 18.4 Å². The van der Waals surface area contributed by atoms with Gasteiger partial charge in [-0.1, -0.05) is 30.3 Å². The number of fused-ring (bicyclic) bond motifs is 1. The van der Waals surface area contributed by atoms with Crippen molar-refractivity contribution in [2.45, 2.75) is 25.7 Å². The summed E-state index contributed by atoms with van der Waals surface area (Å²) in [4.78, 5) is 16.7. The van der Waals surface area contributed by atoms with Gasteiger partial charge in [-0.25, -0.2) is 4.98 Å². The van der Waals surface area contributed by atoms with E-state index in [0.29, 0.717) is 30.2 Å². The van der Waals surface area contributed by atoms with Crippen LogP contribution in [-0.4, -0.2) is 24.0 Å².